The van der Waals surface area contributed by atoms with E-state index in [0.717, 1.165) is 23.3 Å². The number of benzene rings is 1. The van der Waals surface area contributed by atoms with Crippen molar-refractivity contribution >= 4 is 34.1 Å². The molecule has 0 bridgehead atoms. The Bertz CT molecular complexity index is 951. The van der Waals surface area contributed by atoms with Crippen LogP contribution in [0.15, 0.2) is 24.3 Å². The number of rotatable bonds is 10. The molecule has 0 saturated carbocycles. The molecule has 0 spiro atoms. The number of thiophene rings is 1. The molecular formula is C24H33N3O4S. The summed E-state index contributed by atoms with van der Waals surface area (Å²) in [6.07, 6.45) is 0.976. The van der Waals surface area contributed by atoms with Gasteiger partial charge in [0.25, 0.3) is 5.91 Å². The number of amides is 2. The minimum absolute atomic E-state index is 0.00249. The summed E-state index contributed by atoms with van der Waals surface area (Å²) in [5.41, 5.74) is 3.10. The van der Waals surface area contributed by atoms with Crippen molar-refractivity contribution < 1.29 is 19.1 Å². The topological polar surface area (TPSA) is 96.5 Å². The second-order valence-corrected chi connectivity index (χ2v) is 8.83. The first-order chi connectivity index (χ1) is 15.2. The molecule has 0 aliphatic carbocycles. The molecule has 174 valence electrons. The number of carbonyl (C=O) groups is 3. The maximum Gasteiger partial charge on any atom is 0.341 e. The molecule has 32 heavy (non-hydrogen) atoms. The highest BCUT2D eigenvalue weighted by atomic mass is 32.1. The van der Waals surface area contributed by atoms with Crippen LogP contribution in [0.5, 0.6) is 0 Å². The maximum absolute atomic E-state index is 12.7. The summed E-state index contributed by atoms with van der Waals surface area (Å²) in [7, 11) is 1.52. The molecule has 0 saturated heterocycles. The van der Waals surface area contributed by atoms with E-state index in [9.17, 15) is 14.4 Å². The van der Waals surface area contributed by atoms with E-state index in [4.69, 9.17) is 4.74 Å². The molecule has 2 aromatic rings. The molecule has 3 N–H and O–H groups in total. The molecule has 1 heterocycles. The third-order valence-corrected chi connectivity index (χ3v) is 6.41. The zero-order chi connectivity index (χ0) is 23.8. The Morgan fingerprint density at radius 3 is 2.28 bits per heavy atom. The van der Waals surface area contributed by atoms with Crippen molar-refractivity contribution in [2.24, 2.45) is 5.92 Å². The number of aryl methyl sites for hydroxylation is 1. The Morgan fingerprint density at radius 2 is 1.75 bits per heavy atom. The minimum Gasteiger partial charge on any atom is -0.462 e. The van der Waals surface area contributed by atoms with Gasteiger partial charge in [0, 0.05) is 13.1 Å². The van der Waals surface area contributed by atoms with E-state index < -0.39 is 5.97 Å². The number of hydrogen-bond donors (Lipinski definition) is 3. The van der Waals surface area contributed by atoms with E-state index in [2.05, 4.69) is 61.0 Å². The number of hydrogen-bond acceptors (Lipinski definition) is 6. The summed E-state index contributed by atoms with van der Waals surface area (Å²) in [6.45, 7) is 9.96. The van der Waals surface area contributed by atoms with Gasteiger partial charge in [-0.05, 0) is 42.9 Å². The zero-order valence-corrected chi connectivity index (χ0v) is 20.4. The lowest BCUT2D eigenvalue weighted by atomic mass is 9.95. The minimum atomic E-state index is -0.560. The maximum atomic E-state index is 12.7. The van der Waals surface area contributed by atoms with Crippen molar-refractivity contribution in [1.82, 2.24) is 10.6 Å². The summed E-state index contributed by atoms with van der Waals surface area (Å²) in [4.78, 5) is 37.8. The molecule has 0 fully saturated rings. The van der Waals surface area contributed by atoms with Crippen LogP contribution in [-0.2, 0) is 16.0 Å². The molecule has 2 rings (SSSR count). The molecule has 0 aliphatic heterocycles. The lowest BCUT2D eigenvalue weighted by Crippen LogP contribution is -2.33. The second-order valence-electron chi connectivity index (χ2n) is 7.81. The van der Waals surface area contributed by atoms with E-state index in [1.807, 2.05) is 0 Å². The van der Waals surface area contributed by atoms with Gasteiger partial charge in [-0.15, -0.1) is 11.3 Å². The van der Waals surface area contributed by atoms with Crippen LogP contribution in [0.3, 0.4) is 0 Å². The standard InChI is InChI=1S/C24H33N3O4S/c1-7-16-9-11-17(12-10-16)20(14(3)4)26-13-18(28)27-23-19(24(30)31-8-2)15(5)21(32-23)22(29)25-6/h9-12,14,20,26H,7-8,13H2,1-6H3,(H,25,29)(H,27,28). The molecule has 1 aromatic heterocycles. The number of carbonyl (C=O) groups excluding carboxylic acids is 3. The average Bonchev–Trinajstić information content (AvgIpc) is 3.09. The largest absolute Gasteiger partial charge is 0.462 e. The first-order valence-corrected chi connectivity index (χ1v) is 11.7. The summed E-state index contributed by atoms with van der Waals surface area (Å²) < 4.78 is 5.13. The molecule has 7 nitrogen and oxygen atoms in total. The van der Waals surface area contributed by atoms with Gasteiger partial charge in [0.2, 0.25) is 5.91 Å². The van der Waals surface area contributed by atoms with E-state index in [1.165, 1.54) is 12.6 Å². The summed E-state index contributed by atoms with van der Waals surface area (Å²) in [5, 5.41) is 8.99. The van der Waals surface area contributed by atoms with Crippen LogP contribution in [-0.4, -0.2) is 38.0 Å². The van der Waals surface area contributed by atoms with Gasteiger partial charge in [-0.1, -0.05) is 45.0 Å². The fourth-order valence-corrected chi connectivity index (χ4v) is 4.61. The third kappa shape index (κ3) is 6.17. The molecule has 0 radical (unpaired) electrons. The fourth-order valence-electron chi connectivity index (χ4n) is 3.45. The molecular weight excluding hydrogens is 426 g/mol. The van der Waals surface area contributed by atoms with Gasteiger partial charge >= 0.3 is 5.97 Å². The highest BCUT2D eigenvalue weighted by Crippen LogP contribution is 2.33. The Kier molecular flexibility index (Phi) is 9.41. The van der Waals surface area contributed by atoms with Gasteiger partial charge in [0.15, 0.2) is 0 Å². The van der Waals surface area contributed by atoms with Crippen molar-refractivity contribution in [2.45, 2.75) is 47.1 Å². The number of esters is 1. The van der Waals surface area contributed by atoms with Crippen molar-refractivity contribution in [2.75, 3.05) is 25.5 Å². The quantitative estimate of drug-likeness (QED) is 0.465. The predicted molar refractivity (Wildman–Crippen MR) is 128 cm³/mol. The summed E-state index contributed by atoms with van der Waals surface area (Å²) >= 11 is 1.07. The second kappa shape index (κ2) is 11.8. The Morgan fingerprint density at radius 1 is 1.09 bits per heavy atom. The van der Waals surface area contributed by atoms with Gasteiger partial charge in [-0.2, -0.15) is 0 Å². The molecule has 1 unspecified atom stereocenters. The highest BCUT2D eigenvalue weighted by molar-refractivity contribution is 7.18. The Balaban J connectivity index is 2.18. The molecule has 8 heteroatoms. The smallest absolute Gasteiger partial charge is 0.341 e. The van der Waals surface area contributed by atoms with Crippen molar-refractivity contribution in [1.29, 1.82) is 0 Å². The zero-order valence-electron chi connectivity index (χ0n) is 19.6. The summed E-state index contributed by atoms with van der Waals surface area (Å²) in [6, 6.07) is 8.39. The molecule has 2 amide bonds. The van der Waals surface area contributed by atoms with Gasteiger partial charge in [0.05, 0.1) is 23.6 Å². The lowest BCUT2D eigenvalue weighted by molar-refractivity contribution is -0.115. The number of ether oxygens (including phenoxy) is 1. The Labute approximate surface area is 193 Å². The van der Waals surface area contributed by atoms with Crippen LogP contribution >= 0.6 is 11.3 Å². The molecule has 0 aliphatic rings. The normalized spacial score (nSPS) is 11.8. The van der Waals surface area contributed by atoms with Crippen molar-refractivity contribution in [3.63, 3.8) is 0 Å². The predicted octanol–water partition coefficient (Wildman–Crippen LogP) is 4.08. The van der Waals surface area contributed by atoms with Crippen LogP contribution in [0.4, 0.5) is 5.00 Å². The Hall–Kier alpha value is -2.71. The van der Waals surface area contributed by atoms with Crippen LogP contribution in [0, 0.1) is 12.8 Å². The van der Waals surface area contributed by atoms with Gasteiger partial charge in [-0.25, -0.2) is 4.79 Å². The van der Waals surface area contributed by atoms with Crippen LogP contribution in [0.2, 0.25) is 0 Å². The number of anilines is 1. The monoisotopic (exact) mass is 459 g/mol. The van der Waals surface area contributed by atoms with Gasteiger partial charge in [-0.3, -0.25) is 9.59 Å². The van der Waals surface area contributed by atoms with E-state index >= 15 is 0 Å². The van der Waals surface area contributed by atoms with Crippen molar-refractivity contribution in [3.8, 4) is 0 Å². The van der Waals surface area contributed by atoms with Crippen LogP contribution < -0.4 is 16.0 Å². The average molecular weight is 460 g/mol. The van der Waals surface area contributed by atoms with Gasteiger partial charge in [0.1, 0.15) is 5.00 Å². The molecule has 1 atom stereocenters. The lowest BCUT2D eigenvalue weighted by Gasteiger charge is -2.23. The van der Waals surface area contributed by atoms with E-state index in [0.29, 0.717) is 15.4 Å². The first kappa shape index (κ1) is 25.5. The van der Waals surface area contributed by atoms with Crippen molar-refractivity contribution in [3.05, 3.63) is 51.4 Å². The summed E-state index contributed by atoms with van der Waals surface area (Å²) in [5.74, 6) is -0.895. The third-order valence-electron chi connectivity index (χ3n) is 5.21. The number of nitrogens with one attached hydrogen (secondary N) is 3. The van der Waals surface area contributed by atoms with Crippen LogP contribution in [0.1, 0.15) is 70.5 Å². The van der Waals surface area contributed by atoms with E-state index in [1.54, 1.807) is 13.8 Å². The first-order valence-electron chi connectivity index (χ1n) is 10.9. The SMILES string of the molecule is CCOC(=O)c1c(NC(=O)CNC(c2ccc(CC)cc2)C(C)C)sc(C(=O)NC)c1C. The highest BCUT2D eigenvalue weighted by Gasteiger charge is 2.26. The van der Waals surface area contributed by atoms with E-state index in [-0.39, 0.29) is 42.5 Å². The fraction of sp³-hybridized carbons (Fsp3) is 0.458. The van der Waals surface area contributed by atoms with Gasteiger partial charge < -0.3 is 20.7 Å². The molecule has 1 aromatic carbocycles. The van der Waals surface area contributed by atoms with Crippen LogP contribution in [0.25, 0.3) is 0 Å².